The van der Waals surface area contributed by atoms with Gasteiger partial charge in [0.2, 0.25) is 10.0 Å². The van der Waals surface area contributed by atoms with E-state index in [4.69, 9.17) is 0 Å². The molecule has 1 fully saturated rings. The van der Waals surface area contributed by atoms with Crippen LogP contribution in [0.3, 0.4) is 0 Å². The first-order valence-corrected chi connectivity index (χ1v) is 9.07. The molecule has 0 radical (unpaired) electrons. The van der Waals surface area contributed by atoms with E-state index in [1.807, 2.05) is 13.1 Å². The van der Waals surface area contributed by atoms with Gasteiger partial charge in [-0.05, 0) is 57.3 Å². The van der Waals surface area contributed by atoms with Crippen LogP contribution in [0.15, 0.2) is 16.3 Å². The number of sulfonamides is 1. The third kappa shape index (κ3) is 4.02. The molecule has 0 bridgehead atoms. The minimum absolute atomic E-state index is 0.114. The van der Waals surface area contributed by atoms with Crippen LogP contribution in [-0.4, -0.2) is 28.1 Å². The molecular weight excluding hydrogens is 280 g/mol. The van der Waals surface area contributed by atoms with E-state index in [0.29, 0.717) is 10.1 Å². The Morgan fingerprint density at radius 2 is 2.16 bits per heavy atom. The fraction of sp³-hybridized carbons (Fsp3) is 0.692. The van der Waals surface area contributed by atoms with E-state index in [1.165, 1.54) is 11.3 Å². The summed E-state index contributed by atoms with van der Waals surface area (Å²) in [5.41, 5.74) is 0. The van der Waals surface area contributed by atoms with Gasteiger partial charge in [0.25, 0.3) is 0 Å². The molecule has 2 rings (SSSR count). The van der Waals surface area contributed by atoms with Gasteiger partial charge >= 0.3 is 0 Å². The fourth-order valence-electron chi connectivity index (χ4n) is 2.48. The van der Waals surface area contributed by atoms with Crippen LogP contribution in [0.5, 0.6) is 0 Å². The van der Waals surface area contributed by atoms with Gasteiger partial charge in [-0.25, -0.2) is 13.1 Å². The number of nitrogens with one attached hydrogen (secondary N) is 2. The Bertz CT molecular complexity index is 510. The Kier molecular flexibility index (Phi) is 5.00. The number of hydrogen-bond acceptors (Lipinski definition) is 4. The summed E-state index contributed by atoms with van der Waals surface area (Å²) in [6, 6.07) is 3.74. The average Bonchev–Trinajstić information content (AvgIpc) is 2.95. The van der Waals surface area contributed by atoms with Crippen molar-refractivity contribution in [1.82, 2.24) is 10.0 Å². The minimum atomic E-state index is -3.32. The van der Waals surface area contributed by atoms with Crippen molar-refractivity contribution in [2.24, 2.45) is 5.92 Å². The summed E-state index contributed by atoms with van der Waals surface area (Å²) >= 11 is 1.37. The highest BCUT2D eigenvalue weighted by molar-refractivity contribution is 7.91. The Labute approximate surface area is 119 Å². The first kappa shape index (κ1) is 15.0. The maximum absolute atomic E-state index is 12.3. The lowest BCUT2D eigenvalue weighted by Crippen LogP contribution is -2.32. The van der Waals surface area contributed by atoms with Gasteiger partial charge in [0.15, 0.2) is 0 Å². The van der Waals surface area contributed by atoms with Crippen LogP contribution in [0, 0.1) is 5.92 Å². The smallest absolute Gasteiger partial charge is 0.250 e. The molecule has 1 saturated carbocycles. The molecule has 1 aromatic rings. The van der Waals surface area contributed by atoms with Gasteiger partial charge in [-0.1, -0.05) is 6.92 Å². The first-order chi connectivity index (χ1) is 9.01. The molecule has 1 aromatic heterocycles. The molecular formula is C13H22N2O2S2. The van der Waals surface area contributed by atoms with Crippen LogP contribution in [0.1, 0.15) is 31.1 Å². The number of likely N-dealkylation sites (N-methyl/N-ethyl adjacent to an activating group) is 1. The molecule has 6 heteroatoms. The Morgan fingerprint density at radius 1 is 1.37 bits per heavy atom. The van der Waals surface area contributed by atoms with Crippen LogP contribution in [0.4, 0.5) is 0 Å². The number of thiophene rings is 1. The van der Waals surface area contributed by atoms with Crippen LogP contribution in [0.25, 0.3) is 0 Å². The maximum Gasteiger partial charge on any atom is 0.250 e. The summed E-state index contributed by atoms with van der Waals surface area (Å²) in [7, 11) is -1.43. The van der Waals surface area contributed by atoms with Crippen LogP contribution < -0.4 is 10.0 Å². The van der Waals surface area contributed by atoms with E-state index in [2.05, 4.69) is 17.0 Å². The molecule has 19 heavy (non-hydrogen) atoms. The monoisotopic (exact) mass is 302 g/mol. The third-order valence-corrected chi connectivity index (χ3v) is 6.70. The Balaban J connectivity index is 2.00. The quantitative estimate of drug-likeness (QED) is 0.845. The SMILES string of the molecule is CNCCc1ccc(S(=O)(=O)NC2CCC(C)C2)s1. The Hall–Kier alpha value is -0.430. The van der Waals surface area contributed by atoms with Crippen LogP contribution in [0.2, 0.25) is 0 Å². The highest BCUT2D eigenvalue weighted by Gasteiger charge is 2.27. The zero-order chi connectivity index (χ0) is 13.9. The molecule has 0 saturated heterocycles. The van der Waals surface area contributed by atoms with Gasteiger partial charge < -0.3 is 5.32 Å². The highest BCUT2D eigenvalue weighted by Crippen LogP contribution is 2.27. The van der Waals surface area contributed by atoms with Crippen molar-refractivity contribution < 1.29 is 8.42 Å². The molecule has 0 aliphatic heterocycles. The average molecular weight is 302 g/mol. The molecule has 0 amide bonds. The lowest BCUT2D eigenvalue weighted by Gasteiger charge is -2.11. The zero-order valence-corrected chi connectivity index (χ0v) is 13.1. The Morgan fingerprint density at radius 3 is 2.79 bits per heavy atom. The highest BCUT2D eigenvalue weighted by atomic mass is 32.2. The van der Waals surface area contributed by atoms with E-state index in [-0.39, 0.29) is 6.04 Å². The molecule has 4 nitrogen and oxygen atoms in total. The molecule has 2 unspecified atom stereocenters. The van der Waals surface area contributed by atoms with Crippen LogP contribution >= 0.6 is 11.3 Å². The fourth-order valence-corrected chi connectivity index (χ4v) is 5.13. The summed E-state index contributed by atoms with van der Waals surface area (Å²) in [6.07, 6.45) is 3.90. The second-order valence-electron chi connectivity index (χ2n) is 5.31. The largest absolute Gasteiger partial charge is 0.319 e. The molecule has 0 aromatic carbocycles. The predicted octanol–water partition coefficient (Wildman–Crippen LogP) is 1.98. The topological polar surface area (TPSA) is 58.2 Å². The molecule has 108 valence electrons. The van der Waals surface area contributed by atoms with E-state index in [0.717, 1.165) is 37.1 Å². The number of hydrogen-bond donors (Lipinski definition) is 2. The summed E-state index contributed by atoms with van der Waals surface area (Å²) in [6.45, 7) is 3.04. The van der Waals surface area contributed by atoms with Gasteiger partial charge in [0.1, 0.15) is 4.21 Å². The molecule has 1 aliphatic carbocycles. The number of rotatable bonds is 6. The first-order valence-electron chi connectivity index (χ1n) is 6.77. The molecule has 0 spiro atoms. The summed E-state index contributed by atoms with van der Waals surface area (Å²) < 4.78 is 27.8. The third-order valence-electron chi connectivity index (χ3n) is 3.54. The van der Waals surface area contributed by atoms with Gasteiger partial charge in [-0.3, -0.25) is 0 Å². The molecule has 1 aliphatic rings. The van der Waals surface area contributed by atoms with Crippen molar-refractivity contribution in [3.63, 3.8) is 0 Å². The summed E-state index contributed by atoms with van der Waals surface area (Å²) in [4.78, 5) is 1.11. The molecule has 2 N–H and O–H groups in total. The molecule has 1 heterocycles. The normalized spacial score (nSPS) is 23.9. The lowest BCUT2D eigenvalue weighted by molar-refractivity contribution is 0.540. The minimum Gasteiger partial charge on any atom is -0.319 e. The van der Waals surface area contributed by atoms with Gasteiger partial charge in [0, 0.05) is 10.9 Å². The van der Waals surface area contributed by atoms with Crippen molar-refractivity contribution in [3.8, 4) is 0 Å². The van der Waals surface area contributed by atoms with Crippen molar-refractivity contribution in [2.45, 2.75) is 42.9 Å². The van der Waals surface area contributed by atoms with E-state index in [1.54, 1.807) is 6.07 Å². The lowest BCUT2D eigenvalue weighted by atomic mass is 10.1. The van der Waals surface area contributed by atoms with Crippen molar-refractivity contribution in [1.29, 1.82) is 0 Å². The van der Waals surface area contributed by atoms with Gasteiger partial charge in [-0.15, -0.1) is 11.3 Å². The van der Waals surface area contributed by atoms with Crippen molar-refractivity contribution in [2.75, 3.05) is 13.6 Å². The molecule has 2 atom stereocenters. The summed E-state index contributed by atoms with van der Waals surface area (Å²) in [5.74, 6) is 0.627. The predicted molar refractivity (Wildman–Crippen MR) is 79.1 cm³/mol. The van der Waals surface area contributed by atoms with Crippen LogP contribution in [-0.2, 0) is 16.4 Å². The second-order valence-corrected chi connectivity index (χ2v) is 8.42. The van der Waals surface area contributed by atoms with E-state index < -0.39 is 10.0 Å². The second kappa shape index (κ2) is 6.35. The zero-order valence-electron chi connectivity index (χ0n) is 11.5. The van der Waals surface area contributed by atoms with E-state index >= 15 is 0 Å². The summed E-state index contributed by atoms with van der Waals surface area (Å²) in [5, 5.41) is 3.07. The van der Waals surface area contributed by atoms with Crippen molar-refractivity contribution in [3.05, 3.63) is 17.0 Å². The standard InChI is InChI=1S/C13H22N2O2S2/c1-10-3-4-11(9-10)15-19(16,17)13-6-5-12(18-13)7-8-14-2/h5-6,10-11,14-15H,3-4,7-9H2,1-2H3. The van der Waals surface area contributed by atoms with Crippen molar-refractivity contribution >= 4 is 21.4 Å². The van der Waals surface area contributed by atoms with Gasteiger partial charge in [0.05, 0.1) is 0 Å². The maximum atomic E-state index is 12.3. The van der Waals surface area contributed by atoms with E-state index in [9.17, 15) is 8.42 Å². The van der Waals surface area contributed by atoms with Gasteiger partial charge in [-0.2, -0.15) is 0 Å².